The second-order valence-electron chi connectivity index (χ2n) is 3.51. The summed E-state index contributed by atoms with van der Waals surface area (Å²) in [7, 11) is 0. The third kappa shape index (κ3) is 4.38. The molecule has 0 bridgehead atoms. The number of benzene rings is 1. The fraction of sp³-hybridized carbons (Fsp3) is 0.500. The molecule has 0 amide bonds. The molecule has 5 heteroatoms. The summed E-state index contributed by atoms with van der Waals surface area (Å²) in [5, 5.41) is 0. The van der Waals surface area contributed by atoms with Gasteiger partial charge in [-0.25, -0.2) is 8.78 Å². The van der Waals surface area contributed by atoms with Gasteiger partial charge >= 0.3 is 0 Å². The van der Waals surface area contributed by atoms with Gasteiger partial charge in [0.1, 0.15) is 11.6 Å². The van der Waals surface area contributed by atoms with Crippen LogP contribution in [-0.4, -0.2) is 26.4 Å². The third-order valence-corrected chi connectivity index (χ3v) is 2.24. The van der Waals surface area contributed by atoms with Crippen LogP contribution in [0.25, 0.3) is 0 Å². The maximum absolute atomic E-state index is 13.3. The average Bonchev–Trinajstić information content (AvgIpc) is 2.28. The Morgan fingerprint density at radius 1 is 1.18 bits per heavy atom. The van der Waals surface area contributed by atoms with E-state index in [2.05, 4.69) is 0 Å². The van der Waals surface area contributed by atoms with E-state index >= 15 is 0 Å². The Morgan fingerprint density at radius 3 is 2.35 bits per heavy atom. The molecule has 0 radical (unpaired) electrons. The van der Waals surface area contributed by atoms with Gasteiger partial charge in [-0.2, -0.15) is 0 Å². The van der Waals surface area contributed by atoms with E-state index in [9.17, 15) is 8.78 Å². The highest BCUT2D eigenvalue weighted by atomic mass is 19.1. The number of halogens is 2. The summed E-state index contributed by atoms with van der Waals surface area (Å²) in [4.78, 5) is 0. The summed E-state index contributed by atoms with van der Waals surface area (Å²) in [6, 6.07) is 2.85. The molecule has 0 saturated heterocycles. The molecule has 0 fully saturated rings. The van der Waals surface area contributed by atoms with Gasteiger partial charge in [0.05, 0.1) is 25.9 Å². The minimum absolute atomic E-state index is 0.0604. The molecule has 1 unspecified atom stereocenters. The molecule has 0 aromatic heterocycles. The topological polar surface area (TPSA) is 44.5 Å². The summed E-state index contributed by atoms with van der Waals surface area (Å²) in [5.41, 5.74) is 5.53. The Labute approximate surface area is 99.5 Å². The average molecular weight is 245 g/mol. The zero-order chi connectivity index (χ0) is 12.7. The summed E-state index contributed by atoms with van der Waals surface area (Å²) < 4.78 is 36.9. The van der Waals surface area contributed by atoms with Crippen LogP contribution < -0.4 is 5.73 Å². The van der Waals surface area contributed by atoms with Crippen molar-refractivity contribution in [2.24, 2.45) is 5.73 Å². The SMILES string of the molecule is CCOCCOCC(N)c1c(F)cccc1F. The van der Waals surface area contributed by atoms with Crippen molar-refractivity contribution in [3.63, 3.8) is 0 Å². The quantitative estimate of drug-likeness (QED) is 0.747. The van der Waals surface area contributed by atoms with Crippen LogP contribution in [0.3, 0.4) is 0 Å². The minimum atomic E-state index is -0.808. The first-order chi connectivity index (χ1) is 8.16. The fourth-order valence-electron chi connectivity index (χ4n) is 1.42. The van der Waals surface area contributed by atoms with Crippen molar-refractivity contribution in [2.45, 2.75) is 13.0 Å². The van der Waals surface area contributed by atoms with Crippen LogP contribution in [-0.2, 0) is 9.47 Å². The van der Waals surface area contributed by atoms with Gasteiger partial charge in [-0.3, -0.25) is 0 Å². The van der Waals surface area contributed by atoms with Crippen molar-refractivity contribution in [1.29, 1.82) is 0 Å². The van der Waals surface area contributed by atoms with E-state index < -0.39 is 17.7 Å². The molecular weight excluding hydrogens is 228 g/mol. The van der Waals surface area contributed by atoms with Crippen molar-refractivity contribution in [3.05, 3.63) is 35.4 Å². The summed E-state index contributed by atoms with van der Waals surface area (Å²) in [6.07, 6.45) is 0. The number of rotatable bonds is 7. The van der Waals surface area contributed by atoms with Crippen LogP contribution in [0, 0.1) is 11.6 Å². The normalized spacial score (nSPS) is 12.7. The Kier molecular flexibility index (Phi) is 6.04. The molecule has 1 aromatic rings. The van der Waals surface area contributed by atoms with E-state index in [1.54, 1.807) is 0 Å². The van der Waals surface area contributed by atoms with Gasteiger partial charge in [-0.15, -0.1) is 0 Å². The number of hydrogen-bond acceptors (Lipinski definition) is 3. The Bertz CT molecular complexity index is 327. The van der Waals surface area contributed by atoms with Crippen LogP contribution >= 0.6 is 0 Å². The first-order valence-electron chi connectivity index (χ1n) is 5.51. The van der Waals surface area contributed by atoms with Crippen molar-refractivity contribution in [1.82, 2.24) is 0 Å². The molecule has 1 aromatic carbocycles. The summed E-state index contributed by atoms with van der Waals surface area (Å²) in [6.45, 7) is 3.35. The first kappa shape index (κ1) is 14.0. The summed E-state index contributed by atoms with van der Waals surface area (Å²) >= 11 is 0. The molecule has 0 aliphatic carbocycles. The highest BCUT2D eigenvalue weighted by molar-refractivity contribution is 5.22. The molecule has 1 atom stereocenters. The zero-order valence-electron chi connectivity index (χ0n) is 9.79. The summed E-state index contributed by atoms with van der Waals surface area (Å²) in [5.74, 6) is -1.29. The van der Waals surface area contributed by atoms with Gasteiger partial charge in [0.25, 0.3) is 0 Å². The molecule has 3 nitrogen and oxygen atoms in total. The van der Waals surface area contributed by atoms with Crippen LogP contribution in [0.1, 0.15) is 18.5 Å². The van der Waals surface area contributed by atoms with Gasteiger partial charge in [-0.1, -0.05) is 6.07 Å². The Balaban J connectivity index is 2.44. The predicted molar refractivity (Wildman–Crippen MR) is 60.6 cm³/mol. The van der Waals surface area contributed by atoms with Gasteiger partial charge in [0.15, 0.2) is 0 Å². The van der Waals surface area contributed by atoms with Crippen LogP contribution in [0.2, 0.25) is 0 Å². The second-order valence-corrected chi connectivity index (χ2v) is 3.51. The Hall–Kier alpha value is -1.04. The van der Waals surface area contributed by atoms with E-state index in [1.165, 1.54) is 18.2 Å². The second kappa shape index (κ2) is 7.32. The number of hydrogen-bond donors (Lipinski definition) is 1. The lowest BCUT2D eigenvalue weighted by atomic mass is 10.1. The molecule has 0 saturated carbocycles. The van der Waals surface area contributed by atoms with Crippen LogP contribution in [0.15, 0.2) is 18.2 Å². The van der Waals surface area contributed by atoms with Gasteiger partial charge in [0, 0.05) is 12.2 Å². The first-order valence-corrected chi connectivity index (χ1v) is 5.51. The van der Waals surface area contributed by atoms with Crippen molar-refractivity contribution in [3.8, 4) is 0 Å². The minimum Gasteiger partial charge on any atom is -0.379 e. The van der Waals surface area contributed by atoms with Crippen molar-refractivity contribution in [2.75, 3.05) is 26.4 Å². The number of ether oxygens (including phenoxy) is 2. The lowest BCUT2D eigenvalue weighted by Gasteiger charge is -2.14. The molecule has 0 aliphatic rings. The fourth-order valence-corrected chi connectivity index (χ4v) is 1.42. The van der Waals surface area contributed by atoms with E-state index in [0.717, 1.165) is 0 Å². The van der Waals surface area contributed by atoms with E-state index in [4.69, 9.17) is 15.2 Å². The van der Waals surface area contributed by atoms with Crippen molar-refractivity contribution >= 4 is 0 Å². The van der Waals surface area contributed by atoms with Crippen LogP contribution in [0.5, 0.6) is 0 Å². The molecule has 17 heavy (non-hydrogen) atoms. The van der Waals surface area contributed by atoms with E-state index in [1.807, 2.05) is 6.92 Å². The lowest BCUT2D eigenvalue weighted by molar-refractivity contribution is 0.0466. The monoisotopic (exact) mass is 245 g/mol. The molecule has 2 N–H and O–H groups in total. The van der Waals surface area contributed by atoms with Gasteiger partial charge in [0.2, 0.25) is 0 Å². The van der Waals surface area contributed by atoms with Gasteiger partial charge < -0.3 is 15.2 Å². The molecule has 0 heterocycles. The number of nitrogens with two attached hydrogens (primary N) is 1. The van der Waals surface area contributed by atoms with Gasteiger partial charge in [-0.05, 0) is 19.1 Å². The smallest absolute Gasteiger partial charge is 0.130 e. The molecule has 0 aliphatic heterocycles. The highest BCUT2D eigenvalue weighted by Gasteiger charge is 2.16. The van der Waals surface area contributed by atoms with Crippen molar-refractivity contribution < 1.29 is 18.3 Å². The molecule has 1 rings (SSSR count). The largest absolute Gasteiger partial charge is 0.379 e. The molecular formula is C12H17F2NO2. The zero-order valence-corrected chi connectivity index (χ0v) is 9.79. The van der Waals surface area contributed by atoms with Crippen LogP contribution in [0.4, 0.5) is 8.78 Å². The maximum atomic E-state index is 13.3. The predicted octanol–water partition coefficient (Wildman–Crippen LogP) is 2.02. The molecule has 96 valence electrons. The maximum Gasteiger partial charge on any atom is 0.130 e. The van der Waals surface area contributed by atoms with E-state index in [0.29, 0.717) is 19.8 Å². The third-order valence-electron chi connectivity index (χ3n) is 2.24. The molecule has 0 spiro atoms. The van der Waals surface area contributed by atoms with E-state index in [-0.39, 0.29) is 12.2 Å². The standard InChI is InChI=1S/C12H17F2NO2/c1-2-16-6-7-17-8-11(15)12-9(13)4-3-5-10(12)14/h3-5,11H,2,6-8,15H2,1H3. The Morgan fingerprint density at radius 2 is 1.76 bits per heavy atom. The lowest BCUT2D eigenvalue weighted by Crippen LogP contribution is -2.21. The highest BCUT2D eigenvalue weighted by Crippen LogP contribution is 2.18.